The van der Waals surface area contributed by atoms with Gasteiger partial charge in [0.05, 0.1) is 6.10 Å². The summed E-state index contributed by atoms with van der Waals surface area (Å²) in [5.74, 6) is 2.70. The number of amides is 1. The molecule has 1 amide bonds. The smallest absolute Gasteiger partial charge is 0.244 e. The van der Waals surface area contributed by atoms with Gasteiger partial charge in [-0.25, -0.2) is 0 Å². The van der Waals surface area contributed by atoms with E-state index in [1.165, 1.54) is 0 Å². The lowest BCUT2D eigenvalue weighted by Gasteiger charge is -2.09. The van der Waals surface area contributed by atoms with Crippen LogP contribution in [-0.2, 0) is 24.2 Å². The summed E-state index contributed by atoms with van der Waals surface area (Å²) in [7, 11) is 0. The first-order valence-corrected chi connectivity index (χ1v) is 8.75. The molecule has 6 nitrogen and oxygen atoms in total. The van der Waals surface area contributed by atoms with Gasteiger partial charge in [-0.05, 0) is 44.0 Å². The fourth-order valence-corrected chi connectivity index (χ4v) is 2.89. The van der Waals surface area contributed by atoms with E-state index in [9.17, 15) is 4.79 Å². The van der Waals surface area contributed by atoms with Crippen LogP contribution in [0.5, 0.6) is 5.75 Å². The van der Waals surface area contributed by atoms with Gasteiger partial charge >= 0.3 is 0 Å². The number of hydrogen-bond acceptors (Lipinski definition) is 4. The van der Waals surface area contributed by atoms with Crippen molar-refractivity contribution in [3.8, 4) is 5.75 Å². The molecule has 6 heteroatoms. The number of aromatic nitrogens is 3. The number of nitrogens with zero attached hydrogens (tertiary/aromatic N) is 3. The zero-order chi connectivity index (χ0) is 17.6. The third-order valence-corrected chi connectivity index (χ3v) is 3.99. The van der Waals surface area contributed by atoms with Crippen molar-refractivity contribution in [1.29, 1.82) is 0 Å². The van der Waals surface area contributed by atoms with Crippen molar-refractivity contribution in [3.05, 3.63) is 47.6 Å². The highest BCUT2D eigenvalue weighted by Crippen LogP contribution is 2.16. The first-order valence-electron chi connectivity index (χ1n) is 8.75. The van der Waals surface area contributed by atoms with Crippen LogP contribution < -0.4 is 10.1 Å². The quantitative estimate of drug-likeness (QED) is 0.786. The van der Waals surface area contributed by atoms with Crippen molar-refractivity contribution in [3.63, 3.8) is 0 Å². The lowest BCUT2D eigenvalue weighted by atomic mass is 10.2. The maximum atomic E-state index is 12.0. The van der Waals surface area contributed by atoms with Gasteiger partial charge in [0.25, 0.3) is 0 Å². The number of aryl methyl sites for hydroxylation is 1. The van der Waals surface area contributed by atoms with E-state index >= 15 is 0 Å². The van der Waals surface area contributed by atoms with Crippen LogP contribution in [0.15, 0.2) is 30.3 Å². The predicted molar refractivity (Wildman–Crippen MR) is 96.3 cm³/mol. The highest BCUT2D eigenvalue weighted by molar-refractivity contribution is 5.91. The van der Waals surface area contributed by atoms with E-state index in [1.807, 2.05) is 38.1 Å². The lowest BCUT2D eigenvalue weighted by molar-refractivity contribution is -0.116. The molecule has 0 unspecified atom stereocenters. The second-order valence-electron chi connectivity index (χ2n) is 6.40. The van der Waals surface area contributed by atoms with Crippen LogP contribution in [0.3, 0.4) is 0 Å². The van der Waals surface area contributed by atoms with Crippen molar-refractivity contribution in [2.75, 3.05) is 6.54 Å². The third kappa shape index (κ3) is 4.68. The van der Waals surface area contributed by atoms with Gasteiger partial charge in [0.15, 0.2) is 0 Å². The number of carbonyl (C=O) groups excluding carboxylic acids is 1. The normalized spacial score (nSPS) is 13.4. The number of hydrogen-bond donors (Lipinski definition) is 1. The number of nitrogens with one attached hydrogen (secondary N) is 1. The van der Waals surface area contributed by atoms with Gasteiger partial charge < -0.3 is 14.6 Å². The first-order chi connectivity index (χ1) is 12.1. The summed E-state index contributed by atoms with van der Waals surface area (Å²) in [6.45, 7) is 5.51. The van der Waals surface area contributed by atoms with E-state index in [1.54, 1.807) is 12.2 Å². The van der Waals surface area contributed by atoms with E-state index in [0.29, 0.717) is 13.0 Å². The molecule has 1 aliphatic heterocycles. The van der Waals surface area contributed by atoms with Crippen LogP contribution in [0.4, 0.5) is 0 Å². The summed E-state index contributed by atoms with van der Waals surface area (Å²) in [5, 5.41) is 11.3. The molecule has 0 fully saturated rings. The average Bonchev–Trinajstić information content (AvgIpc) is 3.17. The summed E-state index contributed by atoms with van der Waals surface area (Å²) in [5.41, 5.74) is 0.934. The molecule has 0 atom stereocenters. The topological polar surface area (TPSA) is 69.0 Å². The maximum absolute atomic E-state index is 12.0. The lowest BCUT2D eigenvalue weighted by Crippen LogP contribution is -2.24. The molecule has 1 aromatic carbocycles. The second-order valence-corrected chi connectivity index (χ2v) is 6.40. The molecule has 25 heavy (non-hydrogen) atoms. The van der Waals surface area contributed by atoms with Gasteiger partial charge in [0, 0.05) is 32.0 Å². The molecule has 2 heterocycles. The standard InChI is InChI=1S/C19H24N4O2/c1-14(2)25-16-6-3-5-15(13-16)8-9-19(24)20-11-10-18-22-21-17-7-4-12-23(17)18/h3,5-6,8-9,13-14H,4,7,10-12H2,1-2H3,(H,20,24)/b9-8-. The van der Waals surface area contributed by atoms with Crippen molar-refractivity contribution in [2.24, 2.45) is 0 Å². The Morgan fingerprint density at radius 2 is 2.28 bits per heavy atom. The minimum atomic E-state index is -0.114. The van der Waals surface area contributed by atoms with Crippen molar-refractivity contribution in [1.82, 2.24) is 20.1 Å². The SMILES string of the molecule is CC(C)Oc1cccc(/C=C\C(=O)NCCc2nnc3n2CCC3)c1. The maximum Gasteiger partial charge on any atom is 0.244 e. The molecule has 0 radical (unpaired) electrons. The summed E-state index contributed by atoms with van der Waals surface area (Å²) in [4.78, 5) is 12.0. The van der Waals surface area contributed by atoms with Crippen LogP contribution >= 0.6 is 0 Å². The minimum absolute atomic E-state index is 0.114. The molecule has 0 aliphatic carbocycles. The molecule has 132 valence electrons. The summed E-state index contributed by atoms with van der Waals surface area (Å²) < 4.78 is 7.81. The summed E-state index contributed by atoms with van der Waals surface area (Å²) in [6.07, 6.45) is 6.29. The predicted octanol–water partition coefficient (Wildman–Crippen LogP) is 2.38. The van der Waals surface area contributed by atoms with Gasteiger partial charge in [0.1, 0.15) is 17.4 Å². The molecular formula is C19H24N4O2. The van der Waals surface area contributed by atoms with Crippen molar-refractivity contribution < 1.29 is 9.53 Å². The Bertz CT molecular complexity index is 765. The molecular weight excluding hydrogens is 316 g/mol. The largest absolute Gasteiger partial charge is 0.491 e. The number of fused-ring (bicyclic) bond motifs is 1. The Kier molecular flexibility index (Phi) is 5.48. The van der Waals surface area contributed by atoms with Gasteiger partial charge in [-0.15, -0.1) is 10.2 Å². The zero-order valence-electron chi connectivity index (χ0n) is 14.7. The third-order valence-electron chi connectivity index (χ3n) is 3.99. The summed E-state index contributed by atoms with van der Waals surface area (Å²) >= 11 is 0. The Morgan fingerprint density at radius 3 is 3.12 bits per heavy atom. The van der Waals surface area contributed by atoms with E-state index < -0.39 is 0 Å². The van der Waals surface area contributed by atoms with E-state index in [2.05, 4.69) is 20.1 Å². The Hall–Kier alpha value is -2.63. The Balaban J connectivity index is 1.48. The van der Waals surface area contributed by atoms with Gasteiger partial charge in [0.2, 0.25) is 5.91 Å². The Labute approximate surface area is 147 Å². The van der Waals surface area contributed by atoms with Crippen LogP contribution in [0.2, 0.25) is 0 Å². The average molecular weight is 340 g/mol. The van der Waals surface area contributed by atoms with Crippen molar-refractivity contribution >= 4 is 12.0 Å². The van der Waals surface area contributed by atoms with Crippen LogP contribution in [0.25, 0.3) is 6.08 Å². The van der Waals surface area contributed by atoms with Crippen LogP contribution in [0.1, 0.15) is 37.5 Å². The molecule has 0 bridgehead atoms. The van der Waals surface area contributed by atoms with E-state index in [4.69, 9.17) is 4.74 Å². The van der Waals surface area contributed by atoms with Gasteiger partial charge in [-0.3, -0.25) is 4.79 Å². The van der Waals surface area contributed by atoms with Crippen LogP contribution in [0, 0.1) is 0 Å². The monoisotopic (exact) mass is 340 g/mol. The molecule has 0 saturated heterocycles. The molecule has 0 spiro atoms. The highest BCUT2D eigenvalue weighted by Gasteiger charge is 2.16. The van der Waals surface area contributed by atoms with Crippen LogP contribution in [-0.4, -0.2) is 33.3 Å². The highest BCUT2D eigenvalue weighted by atomic mass is 16.5. The number of benzene rings is 1. The number of ether oxygens (including phenoxy) is 1. The molecule has 1 aliphatic rings. The molecule has 3 rings (SSSR count). The van der Waals surface area contributed by atoms with Gasteiger partial charge in [-0.1, -0.05) is 12.1 Å². The molecule has 2 aromatic rings. The minimum Gasteiger partial charge on any atom is -0.491 e. The van der Waals surface area contributed by atoms with E-state index in [-0.39, 0.29) is 12.0 Å². The fraction of sp³-hybridized carbons (Fsp3) is 0.421. The van der Waals surface area contributed by atoms with E-state index in [0.717, 1.165) is 42.3 Å². The second kappa shape index (κ2) is 7.96. The Morgan fingerprint density at radius 1 is 1.40 bits per heavy atom. The zero-order valence-corrected chi connectivity index (χ0v) is 14.7. The molecule has 1 aromatic heterocycles. The molecule has 1 N–H and O–H groups in total. The van der Waals surface area contributed by atoms with Crippen molar-refractivity contribution in [2.45, 2.75) is 45.8 Å². The first kappa shape index (κ1) is 17.2. The molecule has 0 saturated carbocycles. The fourth-order valence-electron chi connectivity index (χ4n) is 2.89. The van der Waals surface area contributed by atoms with Gasteiger partial charge in [-0.2, -0.15) is 0 Å². The number of carbonyl (C=O) groups is 1. The number of rotatable bonds is 7. The summed E-state index contributed by atoms with van der Waals surface area (Å²) in [6, 6.07) is 7.69.